The minimum atomic E-state index is -0.523. The molecular weight excluding hydrogens is 272 g/mol. The Hall–Kier alpha value is -1.54. The molecule has 0 spiro atoms. The summed E-state index contributed by atoms with van der Waals surface area (Å²) in [5.41, 5.74) is 0.446. The second kappa shape index (κ2) is 5.52. The first-order chi connectivity index (χ1) is 7.58. The van der Waals surface area contributed by atoms with Gasteiger partial charge in [0.05, 0.1) is 18.7 Å². The number of carbonyl (C=O) groups is 1. The zero-order valence-corrected chi connectivity index (χ0v) is 10.5. The number of hydrogen-bond donors (Lipinski definition) is 1. The van der Waals surface area contributed by atoms with Gasteiger partial charge in [-0.1, -0.05) is 0 Å². The van der Waals surface area contributed by atoms with Gasteiger partial charge in [0.25, 0.3) is 5.91 Å². The van der Waals surface area contributed by atoms with Gasteiger partial charge >= 0.3 is 0 Å². The summed E-state index contributed by atoms with van der Waals surface area (Å²) in [6, 6.07) is 6.50. The van der Waals surface area contributed by atoms with Crippen LogP contribution in [0.3, 0.4) is 0 Å². The molecule has 1 aromatic carbocycles. The van der Waals surface area contributed by atoms with E-state index >= 15 is 0 Å². The highest BCUT2D eigenvalue weighted by Crippen LogP contribution is 2.22. The molecule has 84 valence electrons. The Kier molecular flexibility index (Phi) is 4.32. The second-order valence-corrected chi connectivity index (χ2v) is 4.02. The molecule has 16 heavy (non-hydrogen) atoms. The summed E-state index contributed by atoms with van der Waals surface area (Å²) in [5.74, 6) is 0.290. The van der Waals surface area contributed by atoms with Gasteiger partial charge in [-0.25, -0.2) is 0 Å². The summed E-state index contributed by atoms with van der Waals surface area (Å²) in [6.07, 6.45) is 0. The number of rotatable bonds is 3. The summed E-state index contributed by atoms with van der Waals surface area (Å²) in [4.78, 5) is 11.8. The molecule has 1 amide bonds. The molecule has 0 aromatic heterocycles. The first kappa shape index (κ1) is 12.5. The van der Waals surface area contributed by atoms with Crippen LogP contribution in [0.25, 0.3) is 0 Å². The quantitative estimate of drug-likeness (QED) is 0.924. The molecule has 0 aliphatic heterocycles. The van der Waals surface area contributed by atoms with Crippen molar-refractivity contribution in [2.75, 3.05) is 7.11 Å². The predicted molar refractivity (Wildman–Crippen MR) is 63.2 cm³/mol. The van der Waals surface area contributed by atoms with Gasteiger partial charge in [-0.15, -0.1) is 0 Å². The van der Waals surface area contributed by atoms with Crippen LogP contribution in [-0.4, -0.2) is 19.1 Å². The second-order valence-electron chi connectivity index (χ2n) is 3.17. The molecular formula is C11H11BrN2O2. The molecule has 1 N–H and O–H groups in total. The molecule has 4 nitrogen and oxygen atoms in total. The molecule has 0 fully saturated rings. The van der Waals surface area contributed by atoms with Crippen molar-refractivity contribution in [2.45, 2.75) is 13.0 Å². The predicted octanol–water partition coefficient (Wildman–Crippen LogP) is 2.10. The van der Waals surface area contributed by atoms with E-state index < -0.39 is 6.04 Å². The highest BCUT2D eigenvalue weighted by molar-refractivity contribution is 9.10. The highest BCUT2D eigenvalue weighted by atomic mass is 79.9. The van der Waals surface area contributed by atoms with Crippen molar-refractivity contribution in [1.29, 1.82) is 5.26 Å². The van der Waals surface area contributed by atoms with Crippen molar-refractivity contribution < 1.29 is 9.53 Å². The number of nitrogens with zero attached hydrogens (tertiary/aromatic N) is 1. The Morgan fingerprint density at radius 1 is 1.62 bits per heavy atom. The lowest BCUT2D eigenvalue weighted by atomic mass is 10.2. The van der Waals surface area contributed by atoms with Gasteiger partial charge in [0.1, 0.15) is 11.8 Å². The van der Waals surface area contributed by atoms with E-state index in [4.69, 9.17) is 10.00 Å². The number of benzene rings is 1. The van der Waals surface area contributed by atoms with E-state index in [1.807, 2.05) is 6.07 Å². The van der Waals surface area contributed by atoms with Crippen molar-refractivity contribution in [3.05, 3.63) is 28.2 Å². The normalized spacial score (nSPS) is 11.4. The van der Waals surface area contributed by atoms with Crippen LogP contribution in [-0.2, 0) is 0 Å². The van der Waals surface area contributed by atoms with E-state index in [2.05, 4.69) is 21.2 Å². The van der Waals surface area contributed by atoms with E-state index in [1.54, 1.807) is 25.1 Å². The summed E-state index contributed by atoms with van der Waals surface area (Å²) in [6.45, 7) is 1.62. The fourth-order valence-electron chi connectivity index (χ4n) is 1.11. The summed E-state index contributed by atoms with van der Waals surface area (Å²) in [7, 11) is 1.53. The number of carbonyl (C=O) groups excluding carboxylic acids is 1. The maximum absolute atomic E-state index is 11.8. The Morgan fingerprint density at radius 2 is 2.31 bits per heavy atom. The molecule has 1 rings (SSSR count). The van der Waals surface area contributed by atoms with E-state index in [1.165, 1.54) is 7.11 Å². The van der Waals surface area contributed by atoms with Crippen molar-refractivity contribution >= 4 is 21.8 Å². The molecule has 0 heterocycles. The number of hydrogen-bond acceptors (Lipinski definition) is 3. The monoisotopic (exact) mass is 282 g/mol. The van der Waals surface area contributed by atoms with E-state index in [-0.39, 0.29) is 5.91 Å². The number of ether oxygens (including phenoxy) is 1. The molecule has 1 atom stereocenters. The molecule has 1 aromatic rings. The van der Waals surface area contributed by atoms with Gasteiger partial charge in [-0.05, 0) is 41.1 Å². The summed E-state index contributed by atoms with van der Waals surface area (Å²) in [5, 5.41) is 11.2. The zero-order valence-electron chi connectivity index (χ0n) is 8.95. The first-order valence-electron chi connectivity index (χ1n) is 4.62. The van der Waals surface area contributed by atoms with Crippen molar-refractivity contribution in [3.8, 4) is 11.8 Å². The van der Waals surface area contributed by atoms with Gasteiger partial charge < -0.3 is 10.1 Å². The zero-order chi connectivity index (χ0) is 12.1. The van der Waals surface area contributed by atoms with Crippen molar-refractivity contribution in [1.82, 2.24) is 5.32 Å². The number of halogens is 1. The number of nitriles is 1. The average molecular weight is 283 g/mol. The van der Waals surface area contributed by atoms with Crippen LogP contribution in [0.1, 0.15) is 17.3 Å². The fourth-order valence-corrected chi connectivity index (χ4v) is 1.54. The Labute approximate surface area is 102 Å². The topological polar surface area (TPSA) is 62.1 Å². The largest absolute Gasteiger partial charge is 0.497 e. The van der Waals surface area contributed by atoms with Crippen LogP contribution < -0.4 is 10.1 Å². The van der Waals surface area contributed by atoms with Crippen LogP contribution in [0.2, 0.25) is 0 Å². The minimum Gasteiger partial charge on any atom is -0.497 e. The third kappa shape index (κ3) is 2.97. The van der Waals surface area contributed by atoms with E-state index in [0.717, 1.165) is 0 Å². The third-order valence-corrected chi connectivity index (χ3v) is 2.65. The van der Waals surface area contributed by atoms with Gasteiger partial charge in [0, 0.05) is 4.47 Å². The molecule has 0 aliphatic carbocycles. The van der Waals surface area contributed by atoms with Crippen LogP contribution in [0.15, 0.2) is 22.7 Å². The van der Waals surface area contributed by atoms with E-state index in [0.29, 0.717) is 15.8 Å². The van der Waals surface area contributed by atoms with Crippen molar-refractivity contribution in [2.24, 2.45) is 0 Å². The molecule has 0 aliphatic rings. The Bertz CT molecular complexity index is 440. The average Bonchev–Trinajstić information content (AvgIpc) is 2.29. The molecule has 0 bridgehead atoms. The molecule has 0 saturated carbocycles. The maximum atomic E-state index is 11.8. The third-order valence-electron chi connectivity index (χ3n) is 1.96. The van der Waals surface area contributed by atoms with Crippen LogP contribution in [0.4, 0.5) is 0 Å². The standard InChI is InChI=1S/C11H11BrN2O2/c1-7(6-13)14-11(15)9-5-8(16-2)3-4-10(9)12/h3-5,7H,1-2H3,(H,14,15). The highest BCUT2D eigenvalue weighted by Gasteiger charge is 2.13. The van der Waals surface area contributed by atoms with E-state index in [9.17, 15) is 4.79 Å². The lowest BCUT2D eigenvalue weighted by Gasteiger charge is -2.09. The van der Waals surface area contributed by atoms with Crippen LogP contribution in [0.5, 0.6) is 5.75 Å². The van der Waals surface area contributed by atoms with Gasteiger partial charge in [-0.2, -0.15) is 5.26 Å². The lowest BCUT2D eigenvalue weighted by molar-refractivity contribution is 0.0946. The molecule has 0 radical (unpaired) electrons. The lowest BCUT2D eigenvalue weighted by Crippen LogP contribution is -2.31. The summed E-state index contributed by atoms with van der Waals surface area (Å²) >= 11 is 3.27. The van der Waals surface area contributed by atoms with Gasteiger partial charge in [-0.3, -0.25) is 4.79 Å². The summed E-state index contributed by atoms with van der Waals surface area (Å²) < 4.78 is 5.69. The Balaban J connectivity index is 2.95. The first-order valence-corrected chi connectivity index (χ1v) is 5.41. The molecule has 0 saturated heterocycles. The number of nitrogens with one attached hydrogen (secondary N) is 1. The number of amides is 1. The fraction of sp³-hybridized carbons (Fsp3) is 0.273. The SMILES string of the molecule is COc1ccc(Br)c(C(=O)NC(C)C#N)c1. The minimum absolute atomic E-state index is 0.306. The van der Waals surface area contributed by atoms with Gasteiger partial charge in [0.15, 0.2) is 0 Å². The van der Waals surface area contributed by atoms with Gasteiger partial charge in [0.2, 0.25) is 0 Å². The number of methoxy groups -OCH3 is 1. The van der Waals surface area contributed by atoms with Crippen molar-refractivity contribution in [3.63, 3.8) is 0 Å². The Morgan fingerprint density at radius 3 is 2.88 bits per heavy atom. The molecule has 5 heteroatoms. The maximum Gasteiger partial charge on any atom is 0.253 e. The van der Waals surface area contributed by atoms with Crippen LogP contribution in [0, 0.1) is 11.3 Å². The van der Waals surface area contributed by atoms with Crippen LogP contribution >= 0.6 is 15.9 Å². The smallest absolute Gasteiger partial charge is 0.253 e. The molecule has 1 unspecified atom stereocenters.